The molecule has 0 bridgehead atoms. The number of aliphatic hydroxyl groups excluding tert-OH is 1. The van der Waals surface area contributed by atoms with E-state index in [1.165, 1.54) is 6.92 Å². The lowest BCUT2D eigenvalue weighted by Crippen LogP contribution is -2.36. The monoisotopic (exact) mass is 340 g/mol. The van der Waals surface area contributed by atoms with Gasteiger partial charge in [0.2, 0.25) is 0 Å². The molecular weight excluding hydrogens is 326 g/mol. The molecule has 4 N–H and O–H groups in total. The number of nitrogens with one attached hydrogen (secondary N) is 1. The molecule has 4 atom stereocenters. The maximum absolute atomic E-state index is 14.1. The smallest absolute Gasteiger partial charge is 0.387 e. The number of phosphoric acid groups is 1. The maximum Gasteiger partial charge on any atom is 0.469 e. The maximum atomic E-state index is 14.1. The second-order valence-electron chi connectivity index (χ2n) is 4.77. The number of aromatic amines is 1. The summed E-state index contributed by atoms with van der Waals surface area (Å²) in [5.41, 5.74) is -1.46. The summed E-state index contributed by atoms with van der Waals surface area (Å²) in [7, 11) is -4.81. The second kappa shape index (κ2) is 6.03. The van der Waals surface area contributed by atoms with Gasteiger partial charge in [0.15, 0.2) is 12.4 Å². The van der Waals surface area contributed by atoms with Crippen LogP contribution in [0, 0.1) is 6.92 Å². The van der Waals surface area contributed by atoms with Crippen LogP contribution in [-0.2, 0) is 13.8 Å². The van der Waals surface area contributed by atoms with Crippen molar-refractivity contribution >= 4 is 7.82 Å². The molecule has 2 heterocycles. The summed E-state index contributed by atoms with van der Waals surface area (Å²) in [5.74, 6) is 0. The summed E-state index contributed by atoms with van der Waals surface area (Å²) in [6.45, 7) is 0.626. The van der Waals surface area contributed by atoms with E-state index < -0.39 is 50.3 Å². The zero-order valence-electron chi connectivity index (χ0n) is 11.2. The molecule has 1 aromatic rings. The lowest BCUT2D eigenvalue weighted by molar-refractivity contribution is -0.0484. The third kappa shape index (κ3) is 3.51. The number of hydrogen-bond donors (Lipinski definition) is 4. The van der Waals surface area contributed by atoms with Gasteiger partial charge >= 0.3 is 13.5 Å². The number of aryl methyl sites for hydroxylation is 1. The molecule has 0 saturated carbocycles. The molecule has 0 radical (unpaired) electrons. The van der Waals surface area contributed by atoms with Crippen LogP contribution in [0.15, 0.2) is 15.8 Å². The van der Waals surface area contributed by atoms with Crippen LogP contribution in [0.25, 0.3) is 0 Å². The third-order valence-electron chi connectivity index (χ3n) is 3.12. The summed E-state index contributed by atoms with van der Waals surface area (Å²) in [5, 5.41) is 9.68. The van der Waals surface area contributed by atoms with Gasteiger partial charge in [-0.3, -0.25) is 18.9 Å². The Kier molecular flexibility index (Phi) is 4.66. The Hall–Kier alpha value is -1.36. The highest BCUT2D eigenvalue weighted by Crippen LogP contribution is 2.38. The second-order valence-corrected chi connectivity index (χ2v) is 6.00. The fraction of sp³-hybridized carbons (Fsp3) is 0.600. The summed E-state index contributed by atoms with van der Waals surface area (Å²) in [4.78, 5) is 42.1. The van der Waals surface area contributed by atoms with E-state index in [-0.39, 0.29) is 5.56 Å². The van der Waals surface area contributed by atoms with E-state index in [0.29, 0.717) is 0 Å². The van der Waals surface area contributed by atoms with E-state index in [4.69, 9.17) is 14.5 Å². The molecule has 0 aliphatic carbocycles. The molecule has 1 aliphatic heterocycles. The SMILES string of the molecule is Cc1cn([C@@H]2O[C@H](COP(=O)(O)O)[C@@H](O)[C@H]2F)c(=O)[nH]c1=O. The average molecular weight is 340 g/mol. The van der Waals surface area contributed by atoms with Gasteiger partial charge in [0, 0.05) is 11.8 Å². The predicted octanol–water partition coefficient (Wildman–Crippen LogP) is -1.45. The van der Waals surface area contributed by atoms with Crippen molar-refractivity contribution in [3.8, 4) is 0 Å². The molecule has 0 unspecified atom stereocenters. The molecule has 12 heteroatoms. The van der Waals surface area contributed by atoms with Crippen molar-refractivity contribution in [2.45, 2.75) is 31.5 Å². The number of halogens is 1. The zero-order chi connectivity index (χ0) is 16.7. The van der Waals surface area contributed by atoms with Crippen LogP contribution in [0.2, 0.25) is 0 Å². The minimum absolute atomic E-state index is 0.125. The summed E-state index contributed by atoms with van der Waals surface area (Å²) < 4.78 is 34.7. The van der Waals surface area contributed by atoms with Gasteiger partial charge in [0.25, 0.3) is 5.56 Å². The van der Waals surface area contributed by atoms with Crippen LogP contribution in [0.5, 0.6) is 0 Å². The number of nitrogens with zero attached hydrogens (tertiary/aromatic N) is 1. The Morgan fingerprint density at radius 3 is 2.73 bits per heavy atom. The number of H-pyrrole nitrogens is 1. The molecule has 2 rings (SSSR count). The average Bonchev–Trinajstić information content (AvgIpc) is 2.68. The highest BCUT2D eigenvalue weighted by atomic mass is 31.2. The number of phosphoric ester groups is 1. The van der Waals surface area contributed by atoms with Crippen LogP contribution in [-0.4, -0.2) is 49.4 Å². The molecule has 1 aliphatic rings. The first-order chi connectivity index (χ1) is 10.1. The van der Waals surface area contributed by atoms with E-state index in [9.17, 15) is 23.7 Å². The molecule has 1 aromatic heterocycles. The molecular formula is C10H14FN2O8P. The summed E-state index contributed by atoms with van der Waals surface area (Å²) in [6, 6.07) is 0. The van der Waals surface area contributed by atoms with Gasteiger partial charge in [-0.1, -0.05) is 0 Å². The summed E-state index contributed by atoms with van der Waals surface area (Å²) >= 11 is 0. The lowest BCUT2D eigenvalue weighted by atomic mass is 10.1. The summed E-state index contributed by atoms with van der Waals surface area (Å²) in [6.07, 6.45) is -5.67. The Morgan fingerprint density at radius 1 is 1.50 bits per heavy atom. The van der Waals surface area contributed by atoms with E-state index in [1.807, 2.05) is 4.98 Å². The van der Waals surface area contributed by atoms with Crippen molar-refractivity contribution in [3.05, 3.63) is 32.6 Å². The van der Waals surface area contributed by atoms with Crippen molar-refractivity contribution in [2.75, 3.05) is 6.61 Å². The largest absolute Gasteiger partial charge is 0.469 e. The van der Waals surface area contributed by atoms with E-state index in [1.54, 1.807) is 0 Å². The number of rotatable bonds is 4. The third-order valence-corrected chi connectivity index (χ3v) is 3.61. The highest BCUT2D eigenvalue weighted by molar-refractivity contribution is 7.46. The van der Waals surface area contributed by atoms with Crippen molar-refractivity contribution in [2.24, 2.45) is 0 Å². The minimum atomic E-state index is -4.81. The first-order valence-electron chi connectivity index (χ1n) is 6.10. The molecule has 0 amide bonds. The zero-order valence-corrected chi connectivity index (χ0v) is 12.1. The van der Waals surface area contributed by atoms with Gasteiger partial charge in [-0.05, 0) is 6.92 Å². The molecule has 1 fully saturated rings. The van der Waals surface area contributed by atoms with Crippen LogP contribution >= 0.6 is 7.82 Å². The first kappa shape index (κ1) is 17.0. The fourth-order valence-electron chi connectivity index (χ4n) is 2.01. The Balaban J connectivity index is 2.23. The number of aromatic nitrogens is 2. The fourth-order valence-corrected chi connectivity index (χ4v) is 2.35. The van der Waals surface area contributed by atoms with Gasteiger partial charge in [-0.25, -0.2) is 13.8 Å². The molecule has 10 nitrogen and oxygen atoms in total. The van der Waals surface area contributed by atoms with Crippen molar-refractivity contribution in [1.29, 1.82) is 0 Å². The first-order valence-corrected chi connectivity index (χ1v) is 7.63. The molecule has 1 saturated heterocycles. The molecule has 124 valence electrons. The quantitative estimate of drug-likeness (QED) is 0.486. The van der Waals surface area contributed by atoms with Crippen molar-refractivity contribution < 1.29 is 33.1 Å². The van der Waals surface area contributed by atoms with E-state index in [0.717, 1.165) is 10.8 Å². The van der Waals surface area contributed by atoms with Gasteiger partial charge in [0.1, 0.15) is 12.2 Å². The van der Waals surface area contributed by atoms with E-state index in [2.05, 4.69) is 4.52 Å². The van der Waals surface area contributed by atoms with Gasteiger partial charge in [0.05, 0.1) is 6.61 Å². The Bertz CT molecular complexity index is 712. The van der Waals surface area contributed by atoms with E-state index >= 15 is 0 Å². The van der Waals surface area contributed by atoms with Crippen LogP contribution in [0.1, 0.15) is 11.8 Å². The van der Waals surface area contributed by atoms with Gasteiger partial charge in [-0.2, -0.15) is 0 Å². The highest BCUT2D eigenvalue weighted by Gasteiger charge is 2.46. The molecule has 0 aromatic carbocycles. The lowest BCUT2D eigenvalue weighted by Gasteiger charge is -2.16. The molecule has 22 heavy (non-hydrogen) atoms. The number of aliphatic hydroxyl groups is 1. The Morgan fingerprint density at radius 2 is 2.14 bits per heavy atom. The topological polar surface area (TPSA) is 151 Å². The predicted molar refractivity (Wildman–Crippen MR) is 68.9 cm³/mol. The van der Waals surface area contributed by atoms with Crippen LogP contribution < -0.4 is 11.2 Å². The van der Waals surface area contributed by atoms with Crippen LogP contribution in [0.4, 0.5) is 4.39 Å². The standard InChI is InChI=1S/C10H14FN2O8P/c1-4-2-13(10(16)12-8(4)15)9-6(11)7(14)5(21-9)3-20-22(17,18)19/h2,5-7,9,14H,3H2,1H3,(H,12,15,16)(H2,17,18,19)/t5-,6-,7-,9-/m1/s1. The normalized spacial score (nSPS) is 29.0. The van der Waals surface area contributed by atoms with Gasteiger partial charge < -0.3 is 19.6 Å². The van der Waals surface area contributed by atoms with Gasteiger partial charge in [-0.15, -0.1) is 0 Å². The number of hydrogen-bond acceptors (Lipinski definition) is 6. The van der Waals surface area contributed by atoms with Crippen LogP contribution in [0.3, 0.4) is 0 Å². The Labute approximate surface area is 122 Å². The minimum Gasteiger partial charge on any atom is -0.387 e. The van der Waals surface area contributed by atoms with Crippen molar-refractivity contribution in [1.82, 2.24) is 9.55 Å². The number of alkyl halides is 1. The molecule has 0 spiro atoms. The number of ether oxygens (including phenoxy) is 1. The van der Waals surface area contributed by atoms with Crippen molar-refractivity contribution in [3.63, 3.8) is 0 Å².